The average molecular weight is 390 g/mol. The second-order valence-corrected chi connectivity index (χ2v) is 6.71. The maximum atomic E-state index is 12.9. The summed E-state index contributed by atoms with van der Waals surface area (Å²) in [6.45, 7) is 2.10. The lowest BCUT2D eigenvalue weighted by molar-refractivity contribution is -0.149. The fourth-order valence-corrected chi connectivity index (χ4v) is 3.26. The summed E-state index contributed by atoms with van der Waals surface area (Å²) in [5, 5.41) is 9.35. The first-order chi connectivity index (χ1) is 14.0. The molecule has 148 valence electrons. The zero-order chi connectivity index (χ0) is 20.8. The Hall–Kier alpha value is -3.59. The molecular formula is C23H22N2O4. The molecule has 0 aliphatic carbocycles. The summed E-state index contributed by atoms with van der Waals surface area (Å²) in [6.07, 6.45) is 2.19. The molecule has 1 aliphatic rings. The quantitative estimate of drug-likeness (QED) is 0.443. The molecular weight excluding hydrogens is 368 g/mol. The predicted molar refractivity (Wildman–Crippen MR) is 109 cm³/mol. The van der Waals surface area contributed by atoms with Crippen LogP contribution in [-0.4, -0.2) is 31.6 Å². The SMILES string of the molecule is COc1ccc(/C=C(\C#N)C(=O)OC(C)C(=O)N2CCCc3ccccc32)cc1. The molecule has 0 radical (unpaired) electrons. The third-order valence-electron chi connectivity index (χ3n) is 4.78. The lowest BCUT2D eigenvalue weighted by Crippen LogP contribution is -2.42. The summed E-state index contributed by atoms with van der Waals surface area (Å²) in [7, 11) is 1.56. The number of esters is 1. The summed E-state index contributed by atoms with van der Waals surface area (Å²) in [6, 6.07) is 16.5. The van der Waals surface area contributed by atoms with Crippen LogP contribution < -0.4 is 9.64 Å². The number of anilines is 1. The monoisotopic (exact) mass is 390 g/mol. The van der Waals surface area contributed by atoms with Crippen molar-refractivity contribution in [3.05, 3.63) is 65.2 Å². The molecule has 6 nitrogen and oxygen atoms in total. The smallest absolute Gasteiger partial charge is 0.349 e. The Bertz CT molecular complexity index is 973. The Kier molecular flexibility index (Phi) is 6.30. The Morgan fingerprint density at radius 3 is 2.59 bits per heavy atom. The van der Waals surface area contributed by atoms with Crippen molar-refractivity contribution >= 4 is 23.6 Å². The van der Waals surface area contributed by atoms with Crippen LogP contribution in [0.5, 0.6) is 5.75 Å². The zero-order valence-corrected chi connectivity index (χ0v) is 16.4. The first-order valence-electron chi connectivity index (χ1n) is 9.39. The number of aryl methyl sites for hydroxylation is 1. The van der Waals surface area contributed by atoms with Crippen LogP contribution in [0.1, 0.15) is 24.5 Å². The van der Waals surface area contributed by atoms with Crippen molar-refractivity contribution in [2.45, 2.75) is 25.9 Å². The van der Waals surface area contributed by atoms with Gasteiger partial charge < -0.3 is 14.4 Å². The van der Waals surface area contributed by atoms with Crippen LogP contribution in [0.3, 0.4) is 0 Å². The van der Waals surface area contributed by atoms with Crippen molar-refractivity contribution in [2.75, 3.05) is 18.6 Å². The predicted octanol–water partition coefficient (Wildman–Crippen LogP) is 3.51. The Morgan fingerprint density at radius 2 is 1.90 bits per heavy atom. The number of carbonyl (C=O) groups excluding carboxylic acids is 2. The van der Waals surface area contributed by atoms with E-state index in [9.17, 15) is 14.9 Å². The molecule has 0 N–H and O–H groups in total. The summed E-state index contributed by atoms with van der Waals surface area (Å²) in [4.78, 5) is 27.0. The van der Waals surface area contributed by atoms with Crippen molar-refractivity contribution in [1.29, 1.82) is 5.26 Å². The van der Waals surface area contributed by atoms with Crippen molar-refractivity contribution in [3.63, 3.8) is 0 Å². The van der Waals surface area contributed by atoms with Crippen molar-refractivity contribution in [3.8, 4) is 11.8 Å². The number of amides is 1. The Balaban J connectivity index is 1.71. The molecule has 0 saturated carbocycles. The van der Waals surface area contributed by atoms with Crippen LogP contribution in [0.4, 0.5) is 5.69 Å². The number of rotatable bonds is 5. The number of nitriles is 1. The molecule has 0 saturated heterocycles. The van der Waals surface area contributed by atoms with Crippen LogP contribution in [-0.2, 0) is 20.7 Å². The largest absolute Gasteiger partial charge is 0.497 e. The summed E-state index contributed by atoms with van der Waals surface area (Å²) in [5.41, 5.74) is 2.43. The van der Waals surface area contributed by atoms with Crippen LogP contribution >= 0.6 is 0 Å². The van der Waals surface area contributed by atoms with E-state index in [1.165, 1.54) is 13.0 Å². The van der Waals surface area contributed by atoms with Crippen molar-refractivity contribution < 1.29 is 19.1 Å². The highest BCUT2D eigenvalue weighted by Gasteiger charge is 2.29. The minimum atomic E-state index is -0.999. The van der Waals surface area contributed by atoms with Crippen LogP contribution in [0.25, 0.3) is 6.08 Å². The molecule has 1 unspecified atom stereocenters. The van der Waals surface area contributed by atoms with Gasteiger partial charge in [-0.15, -0.1) is 0 Å². The minimum Gasteiger partial charge on any atom is -0.497 e. The van der Waals surface area contributed by atoms with E-state index in [-0.39, 0.29) is 11.5 Å². The number of methoxy groups -OCH3 is 1. The highest BCUT2D eigenvalue weighted by molar-refractivity contribution is 6.02. The second-order valence-electron chi connectivity index (χ2n) is 6.71. The normalized spacial score (nSPS) is 14.4. The maximum absolute atomic E-state index is 12.9. The van der Waals surface area contributed by atoms with E-state index in [2.05, 4.69) is 0 Å². The highest BCUT2D eigenvalue weighted by atomic mass is 16.5. The fraction of sp³-hybridized carbons (Fsp3) is 0.261. The Labute approximate surface area is 170 Å². The molecule has 1 atom stereocenters. The van der Waals surface area contributed by atoms with E-state index >= 15 is 0 Å². The number of benzene rings is 2. The molecule has 0 aromatic heterocycles. The van der Waals surface area contributed by atoms with Gasteiger partial charge in [0.2, 0.25) is 0 Å². The number of fused-ring (bicyclic) bond motifs is 1. The minimum absolute atomic E-state index is 0.172. The molecule has 29 heavy (non-hydrogen) atoms. The zero-order valence-electron chi connectivity index (χ0n) is 16.4. The van der Waals surface area contributed by atoms with Gasteiger partial charge in [0.25, 0.3) is 5.91 Å². The van der Waals surface area contributed by atoms with Gasteiger partial charge in [0.15, 0.2) is 6.10 Å². The van der Waals surface area contributed by atoms with E-state index < -0.39 is 12.1 Å². The third kappa shape index (κ3) is 4.64. The maximum Gasteiger partial charge on any atom is 0.349 e. The van der Waals surface area contributed by atoms with E-state index in [4.69, 9.17) is 9.47 Å². The van der Waals surface area contributed by atoms with E-state index in [1.807, 2.05) is 30.3 Å². The second kappa shape index (κ2) is 9.07. The molecule has 6 heteroatoms. The van der Waals surface area contributed by atoms with Gasteiger partial charge in [-0.1, -0.05) is 30.3 Å². The van der Waals surface area contributed by atoms with Gasteiger partial charge in [0.05, 0.1) is 7.11 Å². The standard InChI is InChI=1S/C23H22N2O4/c1-16(22(26)25-13-5-7-18-6-3-4-8-21(18)25)29-23(27)19(15-24)14-17-9-11-20(28-2)12-10-17/h3-4,6,8-12,14,16H,5,7,13H2,1-2H3/b19-14+. The summed E-state index contributed by atoms with van der Waals surface area (Å²) < 4.78 is 10.4. The average Bonchev–Trinajstić information content (AvgIpc) is 2.76. The van der Waals surface area contributed by atoms with Gasteiger partial charge in [0, 0.05) is 12.2 Å². The van der Waals surface area contributed by atoms with E-state index in [0.717, 1.165) is 24.1 Å². The van der Waals surface area contributed by atoms with Gasteiger partial charge in [-0.25, -0.2) is 4.79 Å². The fourth-order valence-electron chi connectivity index (χ4n) is 3.26. The lowest BCUT2D eigenvalue weighted by Gasteiger charge is -2.31. The molecule has 1 aliphatic heterocycles. The number of ether oxygens (including phenoxy) is 2. The van der Waals surface area contributed by atoms with Crippen LogP contribution in [0.2, 0.25) is 0 Å². The van der Waals surface area contributed by atoms with Gasteiger partial charge in [-0.05, 0) is 55.2 Å². The summed E-state index contributed by atoms with van der Waals surface area (Å²) >= 11 is 0. The van der Waals surface area contributed by atoms with Gasteiger partial charge in [-0.3, -0.25) is 4.79 Å². The highest BCUT2D eigenvalue weighted by Crippen LogP contribution is 2.27. The molecule has 2 aromatic carbocycles. The van der Waals surface area contributed by atoms with Gasteiger partial charge in [0.1, 0.15) is 17.4 Å². The van der Waals surface area contributed by atoms with Crippen molar-refractivity contribution in [1.82, 2.24) is 0 Å². The summed E-state index contributed by atoms with van der Waals surface area (Å²) in [5.74, 6) is -0.453. The number of hydrogen-bond donors (Lipinski definition) is 0. The number of nitrogens with zero attached hydrogens (tertiary/aromatic N) is 2. The third-order valence-corrected chi connectivity index (χ3v) is 4.78. The van der Waals surface area contributed by atoms with Gasteiger partial charge >= 0.3 is 5.97 Å². The molecule has 0 bridgehead atoms. The number of carbonyl (C=O) groups is 2. The van der Waals surface area contributed by atoms with E-state index in [1.54, 1.807) is 36.3 Å². The lowest BCUT2D eigenvalue weighted by atomic mass is 10.0. The molecule has 0 spiro atoms. The number of hydrogen-bond acceptors (Lipinski definition) is 5. The van der Waals surface area contributed by atoms with E-state index in [0.29, 0.717) is 17.9 Å². The molecule has 0 fully saturated rings. The molecule has 2 aromatic rings. The number of para-hydroxylation sites is 1. The molecule has 3 rings (SSSR count). The Morgan fingerprint density at radius 1 is 1.17 bits per heavy atom. The van der Waals surface area contributed by atoms with Crippen molar-refractivity contribution in [2.24, 2.45) is 0 Å². The molecule has 1 heterocycles. The van der Waals surface area contributed by atoms with Gasteiger partial charge in [-0.2, -0.15) is 5.26 Å². The molecule has 1 amide bonds. The van der Waals surface area contributed by atoms with Crippen LogP contribution in [0, 0.1) is 11.3 Å². The van der Waals surface area contributed by atoms with Crippen LogP contribution in [0.15, 0.2) is 54.1 Å². The first kappa shape index (κ1) is 20.2. The first-order valence-corrected chi connectivity index (χ1v) is 9.39. The topological polar surface area (TPSA) is 79.6 Å².